The van der Waals surface area contributed by atoms with Gasteiger partial charge in [0.2, 0.25) is 11.3 Å². The molecule has 2 N–H and O–H groups in total. The van der Waals surface area contributed by atoms with Crippen molar-refractivity contribution in [2.24, 2.45) is 5.10 Å². The molecule has 0 aliphatic carbocycles. The van der Waals surface area contributed by atoms with Gasteiger partial charge in [-0.25, -0.2) is 14.2 Å². The van der Waals surface area contributed by atoms with Crippen LogP contribution >= 0.6 is 0 Å². The van der Waals surface area contributed by atoms with Gasteiger partial charge >= 0.3 is 0 Å². The smallest absolute Gasteiger partial charge is 0.245 e. The first-order chi connectivity index (χ1) is 13.7. The molecule has 0 fully saturated rings. The summed E-state index contributed by atoms with van der Waals surface area (Å²) in [5.41, 5.74) is 5.75. The van der Waals surface area contributed by atoms with Crippen molar-refractivity contribution in [2.45, 2.75) is 13.8 Å². The van der Waals surface area contributed by atoms with E-state index in [1.165, 1.54) is 0 Å². The van der Waals surface area contributed by atoms with E-state index >= 15 is 0 Å². The summed E-state index contributed by atoms with van der Waals surface area (Å²) in [7, 11) is 1.58. The van der Waals surface area contributed by atoms with Crippen LogP contribution in [0.5, 0.6) is 5.75 Å². The zero-order valence-corrected chi connectivity index (χ0v) is 15.2. The number of hydrogen-bond donors (Lipinski definition) is 2. The monoisotopic (exact) mass is 381 g/mol. The van der Waals surface area contributed by atoms with Crippen LogP contribution in [0, 0.1) is 6.92 Å². The molecule has 0 bridgehead atoms. The molecular weight excluding hydrogens is 366 g/mol. The number of fused-ring (bicyclic) bond motifs is 1. The maximum absolute atomic E-state index is 5.36. The van der Waals surface area contributed by atoms with Crippen molar-refractivity contribution in [2.75, 3.05) is 17.9 Å². The quantitative estimate of drug-likeness (QED) is 0.374. The maximum atomic E-state index is 5.36. The van der Waals surface area contributed by atoms with Crippen molar-refractivity contribution in [3.63, 3.8) is 0 Å². The summed E-state index contributed by atoms with van der Waals surface area (Å²) < 4.78 is 14.8. The fraction of sp³-hybridized carbons (Fsp3) is 0.188. The van der Waals surface area contributed by atoms with E-state index in [2.05, 4.69) is 46.4 Å². The van der Waals surface area contributed by atoms with E-state index in [0.717, 1.165) is 0 Å². The van der Waals surface area contributed by atoms with Gasteiger partial charge in [-0.3, -0.25) is 5.43 Å². The molecule has 0 aliphatic heterocycles. The van der Waals surface area contributed by atoms with Gasteiger partial charge < -0.3 is 10.1 Å². The SMILES string of the molecule is COc1ccccc1Nc1nc2nonc2nc1N/N=C(/C)c1nonc1C. The van der Waals surface area contributed by atoms with Gasteiger partial charge in [0, 0.05) is 0 Å². The Hall–Kier alpha value is -4.09. The van der Waals surface area contributed by atoms with Crippen LogP contribution in [0.15, 0.2) is 38.6 Å². The summed E-state index contributed by atoms with van der Waals surface area (Å²) in [4.78, 5) is 8.74. The molecule has 12 heteroatoms. The number of benzene rings is 1. The lowest BCUT2D eigenvalue weighted by atomic mass is 10.2. The Bertz CT molecular complexity index is 1150. The molecule has 0 spiro atoms. The first kappa shape index (κ1) is 17.3. The summed E-state index contributed by atoms with van der Waals surface area (Å²) in [6.07, 6.45) is 0. The topological polar surface area (TPSA) is 149 Å². The number of para-hydroxylation sites is 2. The largest absolute Gasteiger partial charge is 0.495 e. The van der Waals surface area contributed by atoms with Crippen LogP contribution in [-0.2, 0) is 0 Å². The number of hydrogen-bond acceptors (Lipinski definition) is 12. The minimum absolute atomic E-state index is 0.236. The van der Waals surface area contributed by atoms with Gasteiger partial charge in [0.15, 0.2) is 17.3 Å². The Kier molecular flexibility index (Phi) is 4.50. The second kappa shape index (κ2) is 7.26. The molecule has 0 amide bonds. The Morgan fingerprint density at radius 1 is 1.00 bits per heavy atom. The lowest BCUT2D eigenvalue weighted by molar-refractivity contribution is 0.304. The average Bonchev–Trinajstić information content (AvgIpc) is 3.34. The summed E-state index contributed by atoms with van der Waals surface area (Å²) in [6, 6.07) is 7.39. The lowest BCUT2D eigenvalue weighted by Gasteiger charge is -2.12. The standard InChI is InChI=1S/C16H15N9O3/c1-8(12-9(2)22-27-23-12)20-21-14-13(18-15-16(19-14)25-28-24-15)17-10-6-4-5-7-11(10)26-3/h4-7H,1-3H3,(H,17,18,24)(H,19,21,25)/b20-8-. The lowest BCUT2D eigenvalue weighted by Crippen LogP contribution is -2.07. The third-order valence-electron chi connectivity index (χ3n) is 3.80. The van der Waals surface area contributed by atoms with E-state index in [-0.39, 0.29) is 11.3 Å². The van der Waals surface area contributed by atoms with E-state index in [1.54, 1.807) is 21.0 Å². The normalized spacial score (nSPS) is 11.6. The third kappa shape index (κ3) is 3.30. The summed E-state index contributed by atoms with van der Waals surface area (Å²) >= 11 is 0. The maximum Gasteiger partial charge on any atom is 0.245 e. The van der Waals surface area contributed by atoms with E-state index in [9.17, 15) is 0 Å². The van der Waals surface area contributed by atoms with Gasteiger partial charge in [0.05, 0.1) is 18.5 Å². The molecule has 3 heterocycles. The Balaban J connectivity index is 1.70. The van der Waals surface area contributed by atoms with Gasteiger partial charge in [-0.15, -0.1) is 0 Å². The molecule has 0 saturated heterocycles. The summed E-state index contributed by atoms with van der Waals surface area (Å²) in [6.45, 7) is 3.53. The molecule has 4 aromatic rings. The molecule has 0 unspecified atom stereocenters. The molecule has 12 nitrogen and oxygen atoms in total. The number of nitrogens with one attached hydrogen (secondary N) is 2. The number of anilines is 3. The van der Waals surface area contributed by atoms with Gasteiger partial charge in [-0.2, -0.15) is 10.1 Å². The molecule has 4 rings (SSSR count). The third-order valence-corrected chi connectivity index (χ3v) is 3.80. The van der Waals surface area contributed by atoms with Crippen molar-refractivity contribution < 1.29 is 14.0 Å². The number of rotatable bonds is 6. The highest BCUT2D eigenvalue weighted by atomic mass is 16.6. The minimum atomic E-state index is 0.236. The van der Waals surface area contributed by atoms with Crippen LogP contribution in [0.4, 0.5) is 17.3 Å². The predicted octanol–water partition coefficient (Wildman–Crippen LogP) is 2.29. The molecule has 0 saturated carbocycles. The minimum Gasteiger partial charge on any atom is -0.495 e. The molecule has 3 aromatic heterocycles. The Labute approximate surface area is 157 Å². The number of methoxy groups -OCH3 is 1. The van der Waals surface area contributed by atoms with Gasteiger partial charge in [0.25, 0.3) is 0 Å². The molecular formula is C16H15N9O3. The van der Waals surface area contributed by atoms with E-state index in [4.69, 9.17) is 14.0 Å². The molecule has 0 aliphatic rings. The van der Waals surface area contributed by atoms with Crippen molar-refractivity contribution >= 4 is 34.3 Å². The summed E-state index contributed by atoms with van der Waals surface area (Å²) in [5.74, 6) is 1.31. The second-order valence-corrected chi connectivity index (χ2v) is 5.66. The number of ether oxygens (including phenoxy) is 1. The Morgan fingerprint density at radius 3 is 2.43 bits per heavy atom. The van der Waals surface area contributed by atoms with Crippen LogP contribution in [0.1, 0.15) is 18.3 Å². The number of hydrazone groups is 1. The van der Waals surface area contributed by atoms with E-state index in [1.807, 2.05) is 24.3 Å². The molecule has 142 valence electrons. The van der Waals surface area contributed by atoms with Crippen LogP contribution in [0.25, 0.3) is 11.3 Å². The van der Waals surface area contributed by atoms with Gasteiger partial charge in [0.1, 0.15) is 11.4 Å². The van der Waals surface area contributed by atoms with Gasteiger partial charge in [-0.1, -0.05) is 17.3 Å². The second-order valence-electron chi connectivity index (χ2n) is 5.66. The molecule has 0 radical (unpaired) electrons. The first-order valence-corrected chi connectivity index (χ1v) is 8.16. The predicted molar refractivity (Wildman–Crippen MR) is 98.5 cm³/mol. The fourth-order valence-electron chi connectivity index (χ4n) is 2.43. The van der Waals surface area contributed by atoms with Crippen LogP contribution < -0.4 is 15.5 Å². The summed E-state index contributed by atoms with van der Waals surface area (Å²) in [5, 5.41) is 22.4. The zero-order valence-electron chi connectivity index (χ0n) is 15.2. The van der Waals surface area contributed by atoms with E-state index < -0.39 is 0 Å². The highest BCUT2D eigenvalue weighted by molar-refractivity contribution is 5.98. The van der Waals surface area contributed by atoms with Crippen LogP contribution in [0.2, 0.25) is 0 Å². The number of aromatic nitrogens is 6. The zero-order chi connectivity index (χ0) is 19.5. The molecule has 28 heavy (non-hydrogen) atoms. The van der Waals surface area contributed by atoms with Crippen molar-refractivity contribution in [1.29, 1.82) is 0 Å². The van der Waals surface area contributed by atoms with Crippen LogP contribution in [-0.4, -0.2) is 43.4 Å². The van der Waals surface area contributed by atoms with Crippen molar-refractivity contribution in [3.05, 3.63) is 35.7 Å². The Morgan fingerprint density at radius 2 is 1.71 bits per heavy atom. The first-order valence-electron chi connectivity index (χ1n) is 8.16. The van der Waals surface area contributed by atoms with Crippen molar-refractivity contribution in [1.82, 2.24) is 30.6 Å². The number of aryl methyl sites for hydroxylation is 1. The van der Waals surface area contributed by atoms with Crippen molar-refractivity contribution in [3.8, 4) is 5.75 Å². The molecule has 1 aromatic carbocycles. The van der Waals surface area contributed by atoms with Gasteiger partial charge in [-0.05, 0) is 41.5 Å². The van der Waals surface area contributed by atoms with Crippen LogP contribution in [0.3, 0.4) is 0 Å². The van der Waals surface area contributed by atoms with E-state index in [0.29, 0.717) is 40.2 Å². The fourth-order valence-corrected chi connectivity index (χ4v) is 2.43. The highest BCUT2D eigenvalue weighted by Gasteiger charge is 2.15. The molecule has 0 atom stereocenters. The average molecular weight is 381 g/mol. The number of nitrogens with zero attached hydrogens (tertiary/aromatic N) is 7. The highest BCUT2D eigenvalue weighted by Crippen LogP contribution is 2.29.